The molecule has 1 aliphatic rings. The molecule has 5 heteroatoms. The Morgan fingerprint density at radius 2 is 1.94 bits per heavy atom. The fraction of sp³-hybridized carbons (Fsp3) is 0.500. The minimum atomic E-state index is -0.305. The Labute approximate surface area is 101 Å². The molecule has 0 aromatic heterocycles. The van der Waals surface area contributed by atoms with Crippen molar-refractivity contribution in [1.82, 2.24) is 0 Å². The minimum absolute atomic E-state index is 0.0840. The lowest BCUT2D eigenvalue weighted by Crippen LogP contribution is -2.46. The third-order valence-electron chi connectivity index (χ3n) is 3.25. The van der Waals surface area contributed by atoms with Crippen molar-refractivity contribution in [3.63, 3.8) is 0 Å². The molecule has 0 spiro atoms. The topological polar surface area (TPSA) is 93.5 Å². The molecule has 0 aliphatic carbocycles. The van der Waals surface area contributed by atoms with E-state index in [1.165, 1.54) is 0 Å². The van der Waals surface area contributed by atoms with Crippen LogP contribution in [0.4, 0.5) is 17.1 Å². The second-order valence-corrected chi connectivity index (χ2v) is 4.52. The zero-order chi connectivity index (χ0) is 12.3. The molecule has 1 aromatic carbocycles. The zero-order valence-corrected chi connectivity index (χ0v) is 9.78. The monoisotopic (exact) mass is 237 g/mol. The highest BCUT2D eigenvalue weighted by Crippen LogP contribution is 2.28. The third kappa shape index (κ3) is 2.62. The van der Waals surface area contributed by atoms with Crippen LogP contribution in [0.5, 0.6) is 0 Å². The lowest BCUT2D eigenvalue weighted by molar-refractivity contribution is 0.0380. The third-order valence-corrected chi connectivity index (χ3v) is 3.25. The number of nitrogens with two attached hydrogens (primary N) is 2. The van der Waals surface area contributed by atoms with Crippen LogP contribution in [-0.2, 0) is 4.74 Å². The van der Waals surface area contributed by atoms with Crippen molar-refractivity contribution in [2.24, 2.45) is 0 Å². The molecular formula is C12H19N3O2. The second kappa shape index (κ2) is 4.81. The first-order valence-corrected chi connectivity index (χ1v) is 5.77. The standard InChI is InChI=1S/C12H19N3O2/c13-10-2-1-9(7-11(10)14)15-12(8-16)3-5-17-6-4-12/h1-2,7,15-16H,3-6,8,13-14H2. The predicted molar refractivity (Wildman–Crippen MR) is 68.8 cm³/mol. The molecule has 0 amide bonds. The predicted octanol–water partition coefficient (Wildman–Crippen LogP) is 0.804. The van der Waals surface area contributed by atoms with Gasteiger partial charge in [0.1, 0.15) is 0 Å². The quantitative estimate of drug-likeness (QED) is 0.584. The number of hydrogen-bond donors (Lipinski definition) is 4. The van der Waals surface area contributed by atoms with Gasteiger partial charge in [0.15, 0.2) is 0 Å². The number of aliphatic hydroxyl groups excluding tert-OH is 1. The number of nitrogen functional groups attached to an aromatic ring is 2. The van der Waals surface area contributed by atoms with Gasteiger partial charge in [-0.3, -0.25) is 0 Å². The van der Waals surface area contributed by atoms with Crippen molar-refractivity contribution in [2.75, 3.05) is 36.6 Å². The van der Waals surface area contributed by atoms with Gasteiger partial charge in [0.05, 0.1) is 23.5 Å². The van der Waals surface area contributed by atoms with Crippen molar-refractivity contribution in [1.29, 1.82) is 0 Å². The maximum atomic E-state index is 9.55. The highest BCUT2D eigenvalue weighted by atomic mass is 16.5. The molecule has 17 heavy (non-hydrogen) atoms. The van der Waals surface area contributed by atoms with E-state index in [2.05, 4.69) is 5.32 Å². The molecule has 0 saturated carbocycles. The molecule has 1 saturated heterocycles. The Kier molecular flexibility index (Phi) is 3.40. The van der Waals surface area contributed by atoms with E-state index in [0.717, 1.165) is 18.5 Å². The van der Waals surface area contributed by atoms with Gasteiger partial charge in [-0.15, -0.1) is 0 Å². The first-order valence-electron chi connectivity index (χ1n) is 5.77. The molecule has 0 bridgehead atoms. The van der Waals surface area contributed by atoms with Crippen LogP contribution in [0.1, 0.15) is 12.8 Å². The summed E-state index contributed by atoms with van der Waals surface area (Å²) in [6.07, 6.45) is 1.57. The largest absolute Gasteiger partial charge is 0.397 e. The molecule has 0 radical (unpaired) electrons. The summed E-state index contributed by atoms with van der Waals surface area (Å²) in [5, 5.41) is 12.9. The van der Waals surface area contributed by atoms with E-state index < -0.39 is 0 Å². The Morgan fingerprint density at radius 3 is 2.53 bits per heavy atom. The van der Waals surface area contributed by atoms with Crippen LogP contribution in [0, 0.1) is 0 Å². The number of nitrogens with one attached hydrogen (secondary N) is 1. The number of aliphatic hydroxyl groups is 1. The maximum Gasteiger partial charge on any atom is 0.0663 e. The van der Waals surface area contributed by atoms with Crippen LogP contribution >= 0.6 is 0 Å². The summed E-state index contributed by atoms with van der Waals surface area (Å²) in [6, 6.07) is 5.43. The molecule has 5 nitrogen and oxygen atoms in total. The molecule has 1 heterocycles. The average Bonchev–Trinajstić information content (AvgIpc) is 2.35. The van der Waals surface area contributed by atoms with E-state index in [1.54, 1.807) is 12.1 Å². The van der Waals surface area contributed by atoms with Gasteiger partial charge in [-0.25, -0.2) is 0 Å². The molecule has 1 fully saturated rings. The van der Waals surface area contributed by atoms with Gasteiger partial charge in [-0.2, -0.15) is 0 Å². The van der Waals surface area contributed by atoms with Crippen molar-refractivity contribution in [3.8, 4) is 0 Å². The number of anilines is 3. The summed E-state index contributed by atoms with van der Waals surface area (Å²) in [6.45, 7) is 1.41. The van der Waals surface area contributed by atoms with Gasteiger partial charge >= 0.3 is 0 Å². The van der Waals surface area contributed by atoms with Gasteiger partial charge in [-0.1, -0.05) is 0 Å². The number of ether oxygens (including phenoxy) is 1. The van der Waals surface area contributed by atoms with E-state index >= 15 is 0 Å². The van der Waals surface area contributed by atoms with Crippen LogP contribution < -0.4 is 16.8 Å². The van der Waals surface area contributed by atoms with Crippen molar-refractivity contribution >= 4 is 17.1 Å². The molecule has 0 atom stereocenters. The highest BCUT2D eigenvalue weighted by molar-refractivity contribution is 5.69. The van der Waals surface area contributed by atoms with Crippen molar-refractivity contribution in [3.05, 3.63) is 18.2 Å². The van der Waals surface area contributed by atoms with Gasteiger partial charge in [0.2, 0.25) is 0 Å². The summed E-state index contributed by atoms with van der Waals surface area (Å²) in [7, 11) is 0. The number of benzene rings is 1. The summed E-state index contributed by atoms with van der Waals surface area (Å²) in [4.78, 5) is 0. The van der Waals surface area contributed by atoms with E-state index in [1.807, 2.05) is 6.07 Å². The minimum Gasteiger partial charge on any atom is -0.397 e. The molecule has 6 N–H and O–H groups in total. The molecule has 1 aromatic rings. The number of hydrogen-bond acceptors (Lipinski definition) is 5. The number of rotatable bonds is 3. The van der Waals surface area contributed by atoms with Crippen LogP contribution in [0.15, 0.2) is 18.2 Å². The van der Waals surface area contributed by atoms with Gasteiger partial charge in [0.25, 0.3) is 0 Å². The Balaban J connectivity index is 2.14. The lowest BCUT2D eigenvalue weighted by atomic mass is 9.90. The summed E-state index contributed by atoms with van der Waals surface area (Å²) in [5.74, 6) is 0. The van der Waals surface area contributed by atoms with Gasteiger partial charge in [-0.05, 0) is 31.0 Å². The van der Waals surface area contributed by atoms with Crippen LogP contribution in [0.2, 0.25) is 0 Å². The van der Waals surface area contributed by atoms with Crippen LogP contribution in [-0.4, -0.2) is 30.5 Å². The van der Waals surface area contributed by atoms with E-state index in [9.17, 15) is 5.11 Å². The molecule has 94 valence electrons. The fourth-order valence-electron chi connectivity index (χ4n) is 2.04. The van der Waals surface area contributed by atoms with Crippen LogP contribution in [0.3, 0.4) is 0 Å². The molecular weight excluding hydrogens is 218 g/mol. The van der Waals surface area contributed by atoms with Gasteiger partial charge < -0.3 is 26.6 Å². The average molecular weight is 237 g/mol. The Morgan fingerprint density at radius 1 is 1.24 bits per heavy atom. The Hall–Kier alpha value is -1.46. The van der Waals surface area contributed by atoms with Crippen molar-refractivity contribution < 1.29 is 9.84 Å². The SMILES string of the molecule is Nc1ccc(NC2(CO)CCOCC2)cc1N. The first-order chi connectivity index (χ1) is 8.15. The van der Waals surface area contributed by atoms with E-state index in [-0.39, 0.29) is 12.1 Å². The second-order valence-electron chi connectivity index (χ2n) is 4.52. The first kappa shape index (κ1) is 12.0. The normalized spacial score (nSPS) is 18.9. The summed E-state index contributed by atoms with van der Waals surface area (Å²) in [5.41, 5.74) is 13.1. The molecule has 0 unspecified atom stereocenters. The zero-order valence-electron chi connectivity index (χ0n) is 9.78. The van der Waals surface area contributed by atoms with Gasteiger partial charge in [0, 0.05) is 18.9 Å². The summed E-state index contributed by atoms with van der Waals surface area (Å²) < 4.78 is 5.31. The maximum absolute atomic E-state index is 9.55. The lowest BCUT2D eigenvalue weighted by Gasteiger charge is -2.37. The Bertz CT molecular complexity index is 389. The van der Waals surface area contributed by atoms with E-state index in [0.29, 0.717) is 24.6 Å². The van der Waals surface area contributed by atoms with Crippen LogP contribution in [0.25, 0.3) is 0 Å². The smallest absolute Gasteiger partial charge is 0.0663 e. The molecule has 1 aliphatic heterocycles. The van der Waals surface area contributed by atoms with E-state index in [4.69, 9.17) is 16.2 Å². The van der Waals surface area contributed by atoms with Crippen molar-refractivity contribution in [2.45, 2.75) is 18.4 Å². The summed E-state index contributed by atoms with van der Waals surface area (Å²) >= 11 is 0. The fourth-order valence-corrected chi connectivity index (χ4v) is 2.04. The highest BCUT2D eigenvalue weighted by Gasteiger charge is 2.31. The molecule has 2 rings (SSSR count).